The predicted molar refractivity (Wildman–Crippen MR) is 49.5 cm³/mol. The van der Waals surface area contributed by atoms with Gasteiger partial charge in [-0.3, -0.25) is 4.79 Å². The van der Waals surface area contributed by atoms with Crippen LogP contribution in [-0.2, 0) is 4.79 Å². The van der Waals surface area contributed by atoms with Gasteiger partial charge in [-0.1, -0.05) is 6.08 Å². The third-order valence-corrected chi connectivity index (χ3v) is 1.17. The second kappa shape index (κ2) is 7.83. The first-order valence-corrected chi connectivity index (χ1v) is 3.83. The lowest BCUT2D eigenvalue weighted by molar-refractivity contribution is -0.120. The molecule has 0 aliphatic carbocycles. The second-order valence-corrected chi connectivity index (χ2v) is 2.22. The molecule has 0 atom stereocenters. The van der Waals surface area contributed by atoms with Crippen LogP contribution >= 0.6 is 0 Å². The average Bonchev–Trinajstić information content (AvgIpc) is 2.06. The summed E-state index contributed by atoms with van der Waals surface area (Å²) >= 11 is 0. The van der Waals surface area contributed by atoms with Crippen LogP contribution in [0.5, 0.6) is 0 Å². The van der Waals surface area contributed by atoms with E-state index in [4.69, 9.17) is 6.42 Å². The molecule has 0 aliphatic heterocycles. The summed E-state index contributed by atoms with van der Waals surface area (Å²) in [7, 11) is 0. The van der Waals surface area contributed by atoms with E-state index < -0.39 is 0 Å². The van der Waals surface area contributed by atoms with E-state index in [1.165, 1.54) is 0 Å². The van der Waals surface area contributed by atoms with Crippen LogP contribution in [0.15, 0.2) is 12.7 Å². The van der Waals surface area contributed by atoms with Crippen LogP contribution in [0.3, 0.4) is 0 Å². The highest BCUT2D eigenvalue weighted by atomic mass is 16.1. The highest BCUT2D eigenvalue weighted by Gasteiger charge is 1.96. The lowest BCUT2D eigenvalue weighted by Crippen LogP contribution is -2.34. The topological polar surface area (TPSA) is 41.1 Å². The number of carbonyl (C=O) groups excluding carboxylic acids is 1. The SMILES string of the molecule is C#CCCNC(=O)CNCC=C. The van der Waals surface area contributed by atoms with Gasteiger partial charge in [-0.15, -0.1) is 18.9 Å². The van der Waals surface area contributed by atoms with E-state index in [2.05, 4.69) is 23.1 Å². The smallest absolute Gasteiger partial charge is 0.233 e. The predicted octanol–water partition coefficient (Wildman–Crippen LogP) is -0.0985. The van der Waals surface area contributed by atoms with Gasteiger partial charge in [0.15, 0.2) is 0 Å². The monoisotopic (exact) mass is 166 g/mol. The third kappa shape index (κ3) is 6.84. The number of rotatable bonds is 6. The van der Waals surface area contributed by atoms with E-state index in [0.717, 1.165) is 0 Å². The normalized spacial score (nSPS) is 8.58. The van der Waals surface area contributed by atoms with Crippen LogP contribution in [-0.4, -0.2) is 25.5 Å². The summed E-state index contributed by atoms with van der Waals surface area (Å²) in [4.78, 5) is 10.9. The Morgan fingerprint density at radius 3 is 3.00 bits per heavy atom. The van der Waals surface area contributed by atoms with E-state index in [1.54, 1.807) is 6.08 Å². The maximum absolute atomic E-state index is 10.9. The molecule has 3 nitrogen and oxygen atoms in total. The average molecular weight is 166 g/mol. The Hall–Kier alpha value is -1.27. The van der Waals surface area contributed by atoms with Crippen molar-refractivity contribution in [2.75, 3.05) is 19.6 Å². The van der Waals surface area contributed by atoms with Crippen LogP contribution in [0.4, 0.5) is 0 Å². The fourth-order valence-electron chi connectivity index (χ4n) is 0.624. The van der Waals surface area contributed by atoms with Crippen LogP contribution < -0.4 is 10.6 Å². The number of hydrogen-bond donors (Lipinski definition) is 2. The molecule has 0 fully saturated rings. The summed E-state index contributed by atoms with van der Waals surface area (Å²) in [5.41, 5.74) is 0. The minimum Gasteiger partial charge on any atom is -0.354 e. The Morgan fingerprint density at radius 1 is 1.67 bits per heavy atom. The molecule has 1 amide bonds. The molecule has 12 heavy (non-hydrogen) atoms. The van der Waals surface area contributed by atoms with E-state index in [1.807, 2.05) is 0 Å². The Balaban J connectivity index is 3.22. The number of terminal acetylenes is 1. The maximum atomic E-state index is 10.9. The summed E-state index contributed by atoms with van der Waals surface area (Å²) in [5, 5.41) is 5.54. The Labute approximate surface area is 73.2 Å². The van der Waals surface area contributed by atoms with Crippen molar-refractivity contribution in [2.45, 2.75) is 6.42 Å². The Bertz CT molecular complexity index is 181. The zero-order valence-corrected chi connectivity index (χ0v) is 7.10. The molecule has 0 unspecified atom stereocenters. The zero-order valence-electron chi connectivity index (χ0n) is 7.10. The van der Waals surface area contributed by atoms with Gasteiger partial charge in [0.05, 0.1) is 6.54 Å². The van der Waals surface area contributed by atoms with Gasteiger partial charge in [0, 0.05) is 19.5 Å². The van der Waals surface area contributed by atoms with Gasteiger partial charge in [-0.05, 0) is 0 Å². The van der Waals surface area contributed by atoms with Crippen molar-refractivity contribution in [1.29, 1.82) is 0 Å². The van der Waals surface area contributed by atoms with E-state index in [0.29, 0.717) is 26.1 Å². The lowest BCUT2D eigenvalue weighted by Gasteiger charge is -2.02. The second-order valence-electron chi connectivity index (χ2n) is 2.22. The Morgan fingerprint density at radius 2 is 2.42 bits per heavy atom. The van der Waals surface area contributed by atoms with Crippen molar-refractivity contribution in [3.63, 3.8) is 0 Å². The van der Waals surface area contributed by atoms with Gasteiger partial charge in [0.1, 0.15) is 0 Å². The molecule has 0 saturated heterocycles. The molecule has 2 N–H and O–H groups in total. The van der Waals surface area contributed by atoms with E-state index in [-0.39, 0.29) is 5.91 Å². The Kier molecular flexibility index (Phi) is 7.00. The largest absolute Gasteiger partial charge is 0.354 e. The molecule has 0 bridgehead atoms. The summed E-state index contributed by atoms with van der Waals surface area (Å²) in [6.45, 7) is 5.02. The standard InChI is InChI=1S/C9H14N2O/c1-3-5-7-11-9(12)8-10-6-4-2/h1,4,10H,2,5-8H2,(H,11,12). The minimum atomic E-state index is -0.0351. The first-order valence-electron chi connectivity index (χ1n) is 3.83. The lowest BCUT2D eigenvalue weighted by atomic mass is 10.4. The van der Waals surface area contributed by atoms with Gasteiger partial charge >= 0.3 is 0 Å². The molecule has 0 aromatic heterocycles. The molecule has 0 aromatic carbocycles. The number of carbonyl (C=O) groups is 1. The van der Waals surface area contributed by atoms with Crippen LogP contribution in [0, 0.1) is 12.3 Å². The molecule has 0 saturated carbocycles. The molecule has 0 aliphatic rings. The van der Waals surface area contributed by atoms with Crippen LogP contribution in [0.2, 0.25) is 0 Å². The maximum Gasteiger partial charge on any atom is 0.233 e. The molecule has 3 heteroatoms. The van der Waals surface area contributed by atoms with Crippen LogP contribution in [0.25, 0.3) is 0 Å². The molecule has 0 rings (SSSR count). The molecular formula is C9H14N2O. The van der Waals surface area contributed by atoms with Gasteiger partial charge in [-0.2, -0.15) is 0 Å². The van der Waals surface area contributed by atoms with E-state index >= 15 is 0 Å². The van der Waals surface area contributed by atoms with Gasteiger partial charge in [0.2, 0.25) is 5.91 Å². The first kappa shape index (κ1) is 10.7. The quantitative estimate of drug-likeness (QED) is 0.329. The summed E-state index contributed by atoms with van der Waals surface area (Å²) in [6, 6.07) is 0. The summed E-state index contributed by atoms with van der Waals surface area (Å²) in [5.74, 6) is 2.40. The van der Waals surface area contributed by atoms with E-state index in [9.17, 15) is 4.79 Å². The number of hydrogen-bond acceptors (Lipinski definition) is 2. The molecule has 0 heterocycles. The molecule has 0 spiro atoms. The molecule has 0 radical (unpaired) electrons. The molecule has 0 aromatic rings. The van der Waals surface area contributed by atoms with Crippen molar-refractivity contribution in [1.82, 2.24) is 10.6 Å². The number of nitrogens with one attached hydrogen (secondary N) is 2. The van der Waals surface area contributed by atoms with Crippen LogP contribution in [0.1, 0.15) is 6.42 Å². The van der Waals surface area contributed by atoms with Crippen molar-refractivity contribution in [3.8, 4) is 12.3 Å². The fourth-order valence-corrected chi connectivity index (χ4v) is 0.624. The van der Waals surface area contributed by atoms with Gasteiger partial charge in [-0.25, -0.2) is 0 Å². The highest BCUT2D eigenvalue weighted by Crippen LogP contribution is 1.71. The highest BCUT2D eigenvalue weighted by molar-refractivity contribution is 5.77. The first-order chi connectivity index (χ1) is 5.81. The minimum absolute atomic E-state index is 0.0351. The van der Waals surface area contributed by atoms with Crippen molar-refractivity contribution in [2.24, 2.45) is 0 Å². The summed E-state index contributed by atoms with van der Waals surface area (Å²) in [6.07, 6.45) is 7.29. The van der Waals surface area contributed by atoms with Crippen molar-refractivity contribution in [3.05, 3.63) is 12.7 Å². The van der Waals surface area contributed by atoms with Crippen molar-refractivity contribution >= 4 is 5.91 Å². The number of amides is 1. The van der Waals surface area contributed by atoms with Gasteiger partial charge < -0.3 is 10.6 Å². The zero-order chi connectivity index (χ0) is 9.23. The van der Waals surface area contributed by atoms with Crippen molar-refractivity contribution < 1.29 is 4.79 Å². The molecule has 66 valence electrons. The molecular weight excluding hydrogens is 152 g/mol. The fraction of sp³-hybridized carbons (Fsp3) is 0.444. The third-order valence-electron chi connectivity index (χ3n) is 1.17. The van der Waals surface area contributed by atoms with Gasteiger partial charge in [0.25, 0.3) is 0 Å². The summed E-state index contributed by atoms with van der Waals surface area (Å²) < 4.78 is 0.